The molecule has 1 unspecified atom stereocenters. The van der Waals surface area contributed by atoms with Gasteiger partial charge in [0.05, 0.1) is 11.5 Å². The van der Waals surface area contributed by atoms with Crippen LogP contribution in [0.1, 0.15) is 31.4 Å². The lowest BCUT2D eigenvalue weighted by molar-refractivity contribution is -0.274. The van der Waals surface area contributed by atoms with E-state index in [2.05, 4.69) is 10.1 Å². The van der Waals surface area contributed by atoms with Crippen LogP contribution in [0.3, 0.4) is 0 Å². The molecule has 0 aliphatic carbocycles. The number of benzene rings is 1. The van der Waals surface area contributed by atoms with Gasteiger partial charge in [0, 0.05) is 19.8 Å². The second-order valence-electron chi connectivity index (χ2n) is 5.91. The lowest BCUT2D eigenvalue weighted by atomic mass is 9.79. The Bertz CT molecular complexity index is 578. The molecule has 25 heavy (non-hydrogen) atoms. The molecule has 1 heterocycles. The maximum absolute atomic E-state index is 12.6. The normalized spacial score (nSPS) is 18.0. The number of amides is 1. The molecule has 1 aromatic rings. The minimum Gasteiger partial charge on any atom is -0.406 e. The molecular formula is C16H22ClF3N2O3. The van der Waals surface area contributed by atoms with Gasteiger partial charge in [-0.05, 0) is 37.5 Å². The third-order valence-corrected chi connectivity index (χ3v) is 4.26. The van der Waals surface area contributed by atoms with Crippen molar-refractivity contribution in [2.24, 2.45) is 11.1 Å². The summed E-state index contributed by atoms with van der Waals surface area (Å²) < 4.78 is 46.1. The van der Waals surface area contributed by atoms with Crippen LogP contribution >= 0.6 is 12.4 Å². The predicted molar refractivity (Wildman–Crippen MR) is 88.5 cm³/mol. The number of carbonyl (C=O) groups is 1. The largest absolute Gasteiger partial charge is 0.573 e. The molecule has 1 amide bonds. The molecule has 1 aromatic carbocycles. The van der Waals surface area contributed by atoms with Crippen LogP contribution in [0, 0.1) is 5.41 Å². The molecule has 1 aliphatic heterocycles. The quantitative estimate of drug-likeness (QED) is 0.821. The number of nitrogens with two attached hydrogens (primary N) is 1. The number of carbonyl (C=O) groups excluding carboxylic acids is 1. The van der Waals surface area contributed by atoms with Gasteiger partial charge in [-0.15, -0.1) is 25.6 Å². The third kappa shape index (κ3) is 5.76. The standard InChI is InChI=1S/C16H21F3N2O3.ClH/c1-11(12-3-2-4-13(9-12)24-16(17,18)19)21-14(22)15(10-20)5-7-23-8-6-15;/h2-4,9,11H,5-8,10,20H2,1H3,(H,21,22);1H. The van der Waals surface area contributed by atoms with Crippen LogP contribution in [0.5, 0.6) is 5.75 Å². The molecule has 2 rings (SSSR count). The molecule has 5 nitrogen and oxygen atoms in total. The Morgan fingerprint density at radius 1 is 1.40 bits per heavy atom. The van der Waals surface area contributed by atoms with E-state index in [1.807, 2.05) is 0 Å². The number of nitrogens with one attached hydrogen (secondary N) is 1. The third-order valence-electron chi connectivity index (χ3n) is 4.26. The Labute approximate surface area is 150 Å². The van der Waals surface area contributed by atoms with Gasteiger partial charge in [0.1, 0.15) is 5.75 Å². The van der Waals surface area contributed by atoms with Gasteiger partial charge in [-0.2, -0.15) is 0 Å². The summed E-state index contributed by atoms with van der Waals surface area (Å²) in [4.78, 5) is 12.6. The van der Waals surface area contributed by atoms with Crippen molar-refractivity contribution in [1.82, 2.24) is 5.32 Å². The zero-order valence-corrected chi connectivity index (χ0v) is 14.6. The van der Waals surface area contributed by atoms with E-state index >= 15 is 0 Å². The topological polar surface area (TPSA) is 73.6 Å². The summed E-state index contributed by atoms with van der Waals surface area (Å²) in [6.45, 7) is 2.84. The van der Waals surface area contributed by atoms with Gasteiger partial charge in [-0.1, -0.05) is 12.1 Å². The number of halogens is 4. The SMILES string of the molecule is CC(NC(=O)C1(CN)CCOCC1)c1cccc(OC(F)(F)F)c1.Cl. The summed E-state index contributed by atoms with van der Waals surface area (Å²) in [6, 6.07) is 5.09. The lowest BCUT2D eigenvalue weighted by Gasteiger charge is -2.35. The molecule has 9 heteroatoms. The first-order chi connectivity index (χ1) is 11.3. The van der Waals surface area contributed by atoms with E-state index in [9.17, 15) is 18.0 Å². The van der Waals surface area contributed by atoms with E-state index in [-0.39, 0.29) is 30.6 Å². The van der Waals surface area contributed by atoms with E-state index in [4.69, 9.17) is 10.5 Å². The van der Waals surface area contributed by atoms with E-state index in [1.165, 1.54) is 18.2 Å². The first-order valence-electron chi connectivity index (χ1n) is 7.70. The van der Waals surface area contributed by atoms with Gasteiger partial charge in [0.2, 0.25) is 5.91 Å². The van der Waals surface area contributed by atoms with E-state index in [0.717, 1.165) is 0 Å². The van der Waals surface area contributed by atoms with Crippen molar-refractivity contribution in [1.29, 1.82) is 0 Å². The van der Waals surface area contributed by atoms with Crippen molar-refractivity contribution >= 4 is 18.3 Å². The van der Waals surface area contributed by atoms with Crippen LogP contribution in [0.25, 0.3) is 0 Å². The molecule has 1 atom stereocenters. The van der Waals surface area contributed by atoms with Crippen molar-refractivity contribution < 1.29 is 27.4 Å². The summed E-state index contributed by atoms with van der Waals surface area (Å²) in [5, 5.41) is 2.84. The summed E-state index contributed by atoms with van der Waals surface area (Å²) in [5.74, 6) is -0.524. The molecule has 0 radical (unpaired) electrons. The van der Waals surface area contributed by atoms with Crippen molar-refractivity contribution in [2.45, 2.75) is 32.2 Å². The molecule has 0 spiro atoms. The Balaban J connectivity index is 0.00000312. The molecule has 1 aliphatic rings. The fourth-order valence-corrected chi connectivity index (χ4v) is 2.70. The summed E-state index contributed by atoms with van der Waals surface area (Å²) in [6.07, 6.45) is -3.70. The maximum atomic E-state index is 12.6. The summed E-state index contributed by atoms with van der Waals surface area (Å²) >= 11 is 0. The minimum atomic E-state index is -4.75. The van der Waals surface area contributed by atoms with Gasteiger partial charge in [0.15, 0.2) is 0 Å². The number of rotatable bonds is 5. The highest BCUT2D eigenvalue weighted by molar-refractivity contribution is 5.85. The summed E-state index contributed by atoms with van der Waals surface area (Å²) in [7, 11) is 0. The highest BCUT2D eigenvalue weighted by Gasteiger charge is 2.39. The minimum absolute atomic E-state index is 0. The molecular weight excluding hydrogens is 361 g/mol. The predicted octanol–water partition coefficient (Wildman–Crippen LogP) is 2.94. The van der Waals surface area contributed by atoms with Crippen molar-refractivity contribution in [3.63, 3.8) is 0 Å². The van der Waals surface area contributed by atoms with E-state index in [1.54, 1.807) is 13.0 Å². The Hall–Kier alpha value is -1.51. The zero-order chi connectivity index (χ0) is 17.8. The van der Waals surface area contributed by atoms with Crippen LogP contribution < -0.4 is 15.8 Å². The van der Waals surface area contributed by atoms with Crippen LogP contribution in [-0.4, -0.2) is 32.0 Å². The maximum Gasteiger partial charge on any atom is 0.573 e. The highest BCUT2D eigenvalue weighted by Crippen LogP contribution is 2.31. The van der Waals surface area contributed by atoms with Gasteiger partial charge < -0.3 is 20.5 Å². The van der Waals surface area contributed by atoms with Gasteiger partial charge in [-0.3, -0.25) is 4.79 Å². The van der Waals surface area contributed by atoms with Crippen LogP contribution in [-0.2, 0) is 9.53 Å². The first-order valence-corrected chi connectivity index (χ1v) is 7.70. The number of hydrogen-bond donors (Lipinski definition) is 2. The van der Waals surface area contributed by atoms with Crippen LogP contribution in [0.4, 0.5) is 13.2 Å². The Morgan fingerprint density at radius 3 is 2.60 bits per heavy atom. The smallest absolute Gasteiger partial charge is 0.406 e. The Kier molecular flexibility index (Phi) is 7.52. The molecule has 1 fully saturated rings. The van der Waals surface area contributed by atoms with E-state index in [0.29, 0.717) is 31.6 Å². The number of ether oxygens (including phenoxy) is 2. The summed E-state index contributed by atoms with van der Waals surface area (Å²) in [5.41, 5.74) is 5.62. The highest BCUT2D eigenvalue weighted by atomic mass is 35.5. The fourth-order valence-electron chi connectivity index (χ4n) is 2.70. The second kappa shape index (κ2) is 8.73. The average Bonchev–Trinajstić information content (AvgIpc) is 2.54. The molecule has 0 bridgehead atoms. The first kappa shape index (κ1) is 21.5. The molecule has 142 valence electrons. The van der Waals surface area contributed by atoms with Gasteiger partial charge in [0.25, 0.3) is 0 Å². The monoisotopic (exact) mass is 382 g/mol. The Morgan fingerprint density at radius 2 is 2.04 bits per heavy atom. The van der Waals surface area contributed by atoms with E-state index < -0.39 is 17.8 Å². The average molecular weight is 383 g/mol. The van der Waals surface area contributed by atoms with Crippen molar-refractivity contribution in [3.8, 4) is 5.75 Å². The number of hydrogen-bond acceptors (Lipinski definition) is 4. The number of alkyl halides is 3. The zero-order valence-electron chi connectivity index (χ0n) is 13.8. The van der Waals surface area contributed by atoms with Gasteiger partial charge in [-0.25, -0.2) is 0 Å². The molecule has 0 saturated carbocycles. The molecule has 3 N–H and O–H groups in total. The second-order valence-corrected chi connectivity index (χ2v) is 5.91. The molecule has 1 saturated heterocycles. The van der Waals surface area contributed by atoms with Crippen molar-refractivity contribution in [3.05, 3.63) is 29.8 Å². The molecule has 0 aromatic heterocycles. The van der Waals surface area contributed by atoms with Crippen LogP contribution in [0.15, 0.2) is 24.3 Å². The lowest BCUT2D eigenvalue weighted by Crippen LogP contribution is -2.49. The van der Waals surface area contributed by atoms with Crippen molar-refractivity contribution in [2.75, 3.05) is 19.8 Å². The van der Waals surface area contributed by atoms with Crippen LogP contribution in [0.2, 0.25) is 0 Å². The fraction of sp³-hybridized carbons (Fsp3) is 0.562. The van der Waals surface area contributed by atoms with Gasteiger partial charge >= 0.3 is 6.36 Å².